The number of anilines is 1. The van der Waals surface area contributed by atoms with E-state index >= 15 is 0 Å². The summed E-state index contributed by atoms with van der Waals surface area (Å²) in [5.74, 6) is 3.32. The highest BCUT2D eigenvalue weighted by Gasteiger charge is 2.13. The Labute approximate surface area is 165 Å². The van der Waals surface area contributed by atoms with E-state index in [-0.39, 0.29) is 0 Å². The third-order valence-corrected chi connectivity index (χ3v) is 4.74. The first-order valence-corrected chi connectivity index (χ1v) is 9.63. The number of nitrogens with zero attached hydrogens (tertiary/aromatic N) is 3. The Morgan fingerprint density at radius 3 is 2.07 bits per heavy atom. The normalized spacial score (nSPS) is 10.8. The minimum Gasteiger partial charge on any atom is -0.457 e. The molecule has 4 aromatic rings. The van der Waals surface area contributed by atoms with E-state index in [1.54, 1.807) is 0 Å². The van der Waals surface area contributed by atoms with Crippen LogP contribution in [0.25, 0.3) is 22.3 Å². The Kier molecular flexibility index (Phi) is 5.20. The van der Waals surface area contributed by atoms with E-state index in [9.17, 15) is 0 Å². The van der Waals surface area contributed by atoms with Gasteiger partial charge in [-0.3, -0.25) is 0 Å². The number of aromatic nitrogens is 2. The van der Waals surface area contributed by atoms with Crippen LogP contribution in [0.5, 0.6) is 11.5 Å². The lowest BCUT2D eigenvalue weighted by molar-refractivity contribution is 0.483. The molecule has 4 nitrogen and oxygen atoms in total. The van der Waals surface area contributed by atoms with Crippen molar-refractivity contribution in [3.05, 3.63) is 78.9 Å². The molecule has 3 aromatic carbocycles. The fourth-order valence-corrected chi connectivity index (χ4v) is 3.25. The molecule has 140 valence electrons. The summed E-state index contributed by atoms with van der Waals surface area (Å²) in [6, 6.07) is 25.9. The molecule has 1 heterocycles. The molecule has 4 heteroatoms. The first-order chi connectivity index (χ1) is 13.8. The Hall–Kier alpha value is -3.40. The van der Waals surface area contributed by atoms with Crippen LogP contribution in [-0.4, -0.2) is 23.1 Å². The first kappa shape index (κ1) is 18.0. The molecule has 0 fully saturated rings. The van der Waals surface area contributed by atoms with Gasteiger partial charge in [-0.25, -0.2) is 9.97 Å². The second kappa shape index (κ2) is 8.09. The summed E-state index contributed by atoms with van der Waals surface area (Å²) in [4.78, 5) is 12.0. The number of para-hydroxylation sites is 2. The molecule has 0 bridgehead atoms. The van der Waals surface area contributed by atoms with Crippen LogP contribution < -0.4 is 9.64 Å². The molecule has 0 aliphatic carbocycles. The molecule has 0 unspecified atom stereocenters. The van der Waals surface area contributed by atoms with Crippen molar-refractivity contribution in [1.82, 2.24) is 9.97 Å². The summed E-state index contributed by atoms with van der Waals surface area (Å²) in [7, 11) is 0. The van der Waals surface area contributed by atoms with E-state index in [2.05, 4.69) is 24.8 Å². The molecule has 4 rings (SSSR count). The highest BCUT2D eigenvalue weighted by atomic mass is 16.5. The lowest BCUT2D eigenvalue weighted by Crippen LogP contribution is -2.23. The van der Waals surface area contributed by atoms with E-state index < -0.39 is 0 Å². The van der Waals surface area contributed by atoms with Gasteiger partial charge in [-0.2, -0.15) is 0 Å². The van der Waals surface area contributed by atoms with Crippen LogP contribution in [0.3, 0.4) is 0 Å². The van der Waals surface area contributed by atoms with Crippen LogP contribution in [0.1, 0.15) is 13.8 Å². The lowest BCUT2D eigenvalue weighted by atomic mass is 10.1. The van der Waals surface area contributed by atoms with Crippen molar-refractivity contribution >= 4 is 16.7 Å². The minimum atomic E-state index is 0.729. The minimum absolute atomic E-state index is 0.729. The number of fused-ring (bicyclic) bond motifs is 1. The molecule has 0 N–H and O–H groups in total. The molecule has 1 aromatic heterocycles. The van der Waals surface area contributed by atoms with Gasteiger partial charge in [-0.1, -0.05) is 30.3 Å². The van der Waals surface area contributed by atoms with E-state index in [1.807, 2.05) is 72.8 Å². The van der Waals surface area contributed by atoms with Gasteiger partial charge in [-0.05, 0) is 62.4 Å². The summed E-state index contributed by atoms with van der Waals surface area (Å²) in [6.45, 7) is 6.10. The number of ether oxygens (including phenoxy) is 1. The zero-order chi connectivity index (χ0) is 19.3. The van der Waals surface area contributed by atoms with Crippen LogP contribution in [-0.2, 0) is 0 Å². The summed E-state index contributed by atoms with van der Waals surface area (Å²) in [6.07, 6.45) is 0. The number of hydrogen-bond acceptors (Lipinski definition) is 4. The quantitative estimate of drug-likeness (QED) is 0.422. The summed E-state index contributed by atoms with van der Waals surface area (Å²) >= 11 is 0. The highest BCUT2D eigenvalue weighted by molar-refractivity contribution is 5.91. The van der Waals surface area contributed by atoms with Crippen molar-refractivity contribution < 1.29 is 4.74 Å². The average Bonchev–Trinajstić information content (AvgIpc) is 2.76. The molecule has 28 heavy (non-hydrogen) atoms. The molecule has 0 aliphatic rings. The SMILES string of the molecule is CCN(CC)c1nc(-c2ccc(Oc3ccccc3)cc2)nc2ccccc12. The van der Waals surface area contributed by atoms with E-state index in [1.165, 1.54) is 0 Å². The maximum atomic E-state index is 5.89. The predicted octanol–water partition coefficient (Wildman–Crippen LogP) is 5.94. The van der Waals surface area contributed by atoms with Gasteiger partial charge >= 0.3 is 0 Å². The number of hydrogen-bond donors (Lipinski definition) is 0. The zero-order valence-electron chi connectivity index (χ0n) is 16.2. The second-order valence-electron chi connectivity index (χ2n) is 6.50. The summed E-state index contributed by atoms with van der Waals surface area (Å²) < 4.78 is 5.89. The van der Waals surface area contributed by atoms with Crippen molar-refractivity contribution in [3.8, 4) is 22.9 Å². The maximum absolute atomic E-state index is 5.89. The monoisotopic (exact) mass is 369 g/mol. The molecular weight excluding hydrogens is 346 g/mol. The van der Waals surface area contributed by atoms with Crippen molar-refractivity contribution in [2.45, 2.75) is 13.8 Å². The molecule has 0 saturated carbocycles. The second-order valence-corrected chi connectivity index (χ2v) is 6.50. The standard InChI is InChI=1S/C24H23N3O/c1-3-27(4-2)24-21-12-8-9-13-22(21)25-23(26-24)18-14-16-20(17-15-18)28-19-10-6-5-7-11-19/h5-17H,3-4H2,1-2H3. The van der Waals surface area contributed by atoms with Crippen LogP contribution in [0.4, 0.5) is 5.82 Å². The largest absolute Gasteiger partial charge is 0.457 e. The van der Waals surface area contributed by atoms with Crippen molar-refractivity contribution in [3.63, 3.8) is 0 Å². The van der Waals surface area contributed by atoms with Gasteiger partial charge in [0.2, 0.25) is 0 Å². The molecule has 0 aliphatic heterocycles. The highest BCUT2D eigenvalue weighted by Crippen LogP contribution is 2.29. The third-order valence-electron chi connectivity index (χ3n) is 4.74. The Morgan fingerprint density at radius 2 is 1.36 bits per heavy atom. The summed E-state index contributed by atoms with van der Waals surface area (Å²) in [5, 5.41) is 1.08. The lowest BCUT2D eigenvalue weighted by Gasteiger charge is -2.22. The Morgan fingerprint density at radius 1 is 0.714 bits per heavy atom. The smallest absolute Gasteiger partial charge is 0.162 e. The van der Waals surface area contributed by atoms with Crippen LogP contribution in [0.15, 0.2) is 78.9 Å². The average molecular weight is 369 g/mol. The maximum Gasteiger partial charge on any atom is 0.162 e. The van der Waals surface area contributed by atoms with Crippen LogP contribution >= 0.6 is 0 Å². The van der Waals surface area contributed by atoms with Gasteiger partial charge in [-0.15, -0.1) is 0 Å². The fourth-order valence-electron chi connectivity index (χ4n) is 3.25. The Bertz CT molecular complexity index is 1060. The van der Waals surface area contributed by atoms with Gasteiger partial charge in [0, 0.05) is 24.0 Å². The van der Waals surface area contributed by atoms with Gasteiger partial charge < -0.3 is 9.64 Å². The molecule has 0 saturated heterocycles. The first-order valence-electron chi connectivity index (χ1n) is 9.63. The predicted molar refractivity (Wildman–Crippen MR) is 115 cm³/mol. The molecular formula is C24H23N3O. The number of benzene rings is 3. The third kappa shape index (κ3) is 3.67. The topological polar surface area (TPSA) is 38.2 Å². The van der Waals surface area contributed by atoms with Crippen molar-refractivity contribution in [2.24, 2.45) is 0 Å². The molecule has 0 amide bonds. The van der Waals surface area contributed by atoms with E-state index in [0.29, 0.717) is 0 Å². The van der Waals surface area contributed by atoms with Gasteiger partial charge in [0.25, 0.3) is 0 Å². The molecule has 0 atom stereocenters. The summed E-state index contributed by atoms with van der Waals surface area (Å²) in [5.41, 5.74) is 1.93. The van der Waals surface area contributed by atoms with E-state index in [4.69, 9.17) is 14.7 Å². The van der Waals surface area contributed by atoms with Crippen LogP contribution in [0.2, 0.25) is 0 Å². The molecule has 0 radical (unpaired) electrons. The van der Waals surface area contributed by atoms with Crippen molar-refractivity contribution in [2.75, 3.05) is 18.0 Å². The molecule has 0 spiro atoms. The van der Waals surface area contributed by atoms with Crippen LogP contribution in [0, 0.1) is 0 Å². The number of rotatable bonds is 6. The van der Waals surface area contributed by atoms with Gasteiger partial charge in [0.1, 0.15) is 17.3 Å². The van der Waals surface area contributed by atoms with Gasteiger partial charge in [0.15, 0.2) is 5.82 Å². The Balaban J connectivity index is 1.70. The van der Waals surface area contributed by atoms with Gasteiger partial charge in [0.05, 0.1) is 5.52 Å². The zero-order valence-corrected chi connectivity index (χ0v) is 16.2. The van der Waals surface area contributed by atoms with E-state index in [0.717, 1.165) is 52.7 Å². The fraction of sp³-hybridized carbons (Fsp3) is 0.167. The van der Waals surface area contributed by atoms with Crippen molar-refractivity contribution in [1.29, 1.82) is 0 Å².